The summed E-state index contributed by atoms with van der Waals surface area (Å²) in [5.74, 6) is 0.581. The van der Waals surface area contributed by atoms with E-state index >= 15 is 0 Å². The molecule has 3 aromatic carbocycles. The summed E-state index contributed by atoms with van der Waals surface area (Å²) >= 11 is 0. The average molecular weight is 374 g/mol. The molecule has 0 unspecified atom stereocenters. The van der Waals surface area contributed by atoms with E-state index < -0.39 is 6.09 Å². The minimum atomic E-state index is -0.453. The molecule has 0 bridgehead atoms. The standard InChI is InChI=1S/C23H22N2O3/c1-25(21-13-15(24)11-12-22(21)27-2)23(26)28-14-20-18-9-5-3-7-16(18)17-8-4-6-10-19(17)20/h3-13,20H,14,24H2,1-2H3. The van der Waals surface area contributed by atoms with Crippen LogP contribution in [-0.4, -0.2) is 26.9 Å². The van der Waals surface area contributed by atoms with Crippen LogP contribution in [-0.2, 0) is 4.74 Å². The van der Waals surface area contributed by atoms with E-state index in [-0.39, 0.29) is 12.5 Å². The Morgan fingerprint density at radius 1 is 1.00 bits per heavy atom. The lowest BCUT2D eigenvalue weighted by Crippen LogP contribution is -2.29. The van der Waals surface area contributed by atoms with Crippen molar-refractivity contribution in [3.05, 3.63) is 77.9 Å². The van der Waals surface area contributed by atoms with E-state index in [1.807, 2.05) is 24.3 Å². The topological polar surface area (TPSA) is 64.8 Å². The van der Waals surface area contributed by atoms with Gasteiger partial charge in [0.2, 0.25) is 0 Å². The summed E-state index contributed by atoms with van der Waals surface area (Å²) < 4.78 is 11.0. The van der Waals surface area contributed by atoms with E-state index in [1.54, 1.807) is 32.4 Å². The second-order valence-electron chi connectivity index (χ2n) is 6.79. The molecule has 5 nitrogen and oxygen atoms in total. The number of amides is 1. The Balaban J connectivity index is 1.55. The zero-order chi connectivity index (χ0) is 19.7. The molecule has 1 aliphatic rings. The Morgan fingerprint density at radius 2 is 1.61 bits per heavy atom. The van der Waals surface area contributed by atoms with Gasteiger partial charge in [0.15, 0.2) is 0 Å². The number of methoxy groups -OCH3 is 1. The number of ether oxygens (including phenoxy) is 2. The number of carbonyl (C=O) groups is 1. The van der Waals surface area contributed by atoms with Gasteiger partial charge in [0.1, 0.15) is 12.4 Å². The Kier molecular flexibility index (Phi) is 4.65. The maximum atomic E-state index is 12.7. The highest BCUT2D eigenvalue weighted by atomic mass is 16.6. The zero-order valence-corrected chi connectivity index (χ0v) is 15.9. The number of nitrogens with two attached hydrogens (primary N) is 1. The molecule has 5 heteroatoms. The molecule has 0 radical (unpaired) electrons. The highest BCUT2D eigenvalue weighted by molar-refractivity contribution is 5.90. The first-order valence-corrected chi connectivity index (χ1v) is 9.12. The molecule has 0 heterocycles. The van der Waals surface area contributed by atoms with E-state index in [2.05, 4.69) is 24.3 Å². The highest BCUT2D eigenvalue weighted by Gasteiger charge is 2.29. The summed E-state index contributed by atoms with van der Waals surface area (Å²) in [5, 5.41) is 0. The van der Waals surface area contributed by atoms with Gasteiger partial charge in [-0.3, -0.25) is 4.90 Å². The van der Waals surface area contributed by atoms with Gasteiger partial charge < -0.3 is 15.2 Å². The molecule has 0 spiro atoms. The summed E-state index contributed by atoms with van der Waals surface area (Å²) in [6.07, 6.45) is -0.453. The van der Waals surface area contributed by atoms with Crippen molar-refractivity contribution in [3.63, 3.8) is 0 Å². The lowest BCUT2D eigenvalue weighted by atomic mass is 9.98. The number of carbonyl (C=O) groups excluding carboxylic acids is 1. The summed E-state index contributed by atoms with van der Waals surface area (Å²) in [7, 11) is 3.21. The largest absolute Gasteiger partial charge is 0.495 e. The van der Waals surface area contributed by atoms with Crippen LogP contribution < -0.4 is 15.4 Å². The third-order valence-corrected chi connectivity index (χ3v) is 5.17. The molecular weight excluding hydrogens is 352 g/mol. The van der Waals surface area contributed by atoms with Crippen molar-refractivity contribution in [2.75, 3.05) is 31.4 Å². The van der Waals surface area contributed by atoms with Crippen LogP contribution in [0.4, 0.5) is 16.2 Å². The molecular formula is C23H22N2O3. The van der Waals surface area contributed by atoms with E-state index in [9.17, 15) is 4.79 Å². The van der Waals surface area contributed by atoms with E-state index in [0.29, 0.717) is 17.1 Å². The predicted octanol–water partition coefficient (Wildman–Crippen LogP) is 4.66. The minimum Gasteiger partial charge on any atom is -0.495 e. The lowest BCUT2D eigenvalue weighted by Gasteiger charge is -2.21. The van der Waals surface area contributed by atoms with Gasteiger partial charge in [-0.2, -0.15) is 0 Å². The van der Waals surface area contributed by atoms with Crippen LogP contribution in [0.5, 0.6) is 5.75 Å². The maximum Gasteiger partial charge on any atom is 0.414 e. The summed E-state index contributed by atoms with van der Waals surface area (Å²) in [4.78, 5) is 14.1. The van der Waals surface area contributed by atoms with Gasteiger partial charge in [0.25, 0.3) is 0 Å². The minimum absolute atomic E-state index is 0.0208. The van der Waals surface area contributed by atoms with Gasteiger partial charge in [-0.05, 0) is 40.5 Å². The average Bonchev–Trinajstić information content (AvgIpc) is 3.05. The van der Waals surface area contributed by atoms with Gasteiger partial charge >= 0.3 is 6.09 Å². The van der Waals surface area contributed by atoms with Crippen molar-refractivity contribution in [3.8, 4) is 16.9 Å². The molecule has 1 aliphatic carbocycles. The van der Waals surface area contributed by atoms with Crippen molar-refractivity contribution in [2.45, 2.75) is 5.92 Å². The van der Waals surface area contributed by atoms with Gasteiger partial charge in [-0.15, -0.1) is 0 Å². The van der Waals surface area contributed by atoms with Crippen LogP contribution >= 0.6 is 0 Å². The molecule has 1 amide bonds. The van der Waals surface area contributed by atoms with Crippen LogP contribution in [0.15, 0.2) is 66.7 Å². The fourth-order valence-electron chi connectivity index (χ4n) is 3.76. The molecule has 0 atom stereocenters. The van der Waals surface area contributed by atoms with Gasteiger partial charge in [-0.25, -0.2) is 4.79 Å². The first kappa shape index (κ1) is 17.9. The van der Waals surface area contributed by atoms with Crippen LogP contribution in [0.2, 0.25) is 0 Å². The van der Waals surface area contributed by atoms with Crippen LogP contribution in [0.3, 0.4) is 0 Å². The monoisotopic (exact) mass is 374 g/mol. The normalized spacial score (nSPS) is 12.2. The molecule has 142 valence electrons. The molecule has 2 N–H and O–H groups in total. The Morgan fingerprint density at radius 3 is 2.21 bits per heavy atom. The van der Waals surface area contributed by atoms with Crippen molar-refractivity contribution in [1.82, 2.24) is 0 Å². The highest BCUT2D eigenvalue weighted by Crippen LogP contribution is 2.44. The Labute approximate surface area is 164 Å². The van der Waals surface area contributed by atoms with Crippen LogP contribution in [0.25, 0.3) is 11.1 Å². The second-order valence-corrected chi connectivity index (χ2v) is 6.79. The molecule has 0 aliphatic heterocycles. The van der Waals surface area contributed by atoms with E-state index in [0.717, 1.165) is 0 Å². The fourth-order valence-corrected chi connectivity index (χ4v) is 3.76. The Hall–Kier alpha value is -3.47. The number of hydrogen-bond acceptors (Lipinski definition) is 4. The summed E-state index contributed by atoms with van der Waals surface area (Å²) in [6, 6.07) is 21.7. The third kappa shape index (κ3) is 3.05. The molecule has 0 saturated heterocycles. The Bertz CT molecular complexity index is 986. The number of nitrogen functional groups attached to an aromatic ring is 1. The van der Waals surface area contributed by atoms with Gasteiger partial charge in [0.05, 0.1) is 12.8 Å². The quantitative estimate of drug-likeness (QED) is 0.675. The number of rotatable bonds is 4. The van der Waals surface area contributed by atoms with Crippen molar-refractivity contribution in [2.24, 2.45) is 0 Å². The SMILES string of the molecule is COc1ccc(N)cc1N(C)C(=O)OCC1c2ccccc2-c2ccccc21. The van der Waals surface area contributed by atoms with E-state index in [1.165, 1.54) is 27.2 Å². The number of anilines is 2. The molecule has 0 aromatic heterocycles. The van der Waals surface area contributed by atoms with E-state index in [4.69, 9.17) is 15.2 Å². The van der Waals surface area contributed by atoms with Crippen LogP contribution in [0, 0.1) is 0 Å². The maximum absolute atomic E-state index is 12.7. The number of fused-ring (bicyclic) bond motifs is 3. The third-order valence-electron chi connectivity index (χ3n) is 5.17. The smallest absolute Gasteiger partial charge is 0.414 e. The number of nitrogens with zero attached hydrogens (tertiary/aromatic N) is 1. The summed E-state index contributed by atoms with van der Waals surface area (Å²) in [6.45, 7) is 0.266. The molecule has 28 heavy (non-hydrogen) atoms. The van der Waals surface area contributed by atoms with Crippen molar-refractivity contribution < 1.29 is 14.3 Å². The molecule has 0 saturated carbocycles. The van der Waals surface area contributed by atoms with Crippen LogP contribution in [0.1, 0.15) is 17.0 Å². The van der Waals surface area contributed by atoms with Gasteiger partial charge in [0, 0.05) is 18.7 Å². The first-order chi connectivity index (χ1) is 13.6. The molecule has 0 fully saturated rings. The molecule has 4 rings (SSSR count). The zero-order valence-electron chi connectivity index (χ0n) is 15.9. The summed E-state index contributed by atoms with van der Waals surface area (Å²) in [5.41, 5.74) is 11.7. The second kappa shape index (κ2) is 7.27. The van der Waals surface area contributed by atoms with Gasteiger partial charge in [-0.1, -0.05) is 48.5 Å². The first-order valence-electron chi connectivity index (χ1n) is 9.12. The number of hydrogen-bond donors (Lipinski definition) is 1. The van der Waals surface area contributed by atoms with Crippen molar-refractivity contribution >= 4 is 17.5 Å². The fraction of sp³-hybridized carbons (Fsp3) is 0.174. The van der Waals surface area contributed by atoms with Crippen molar-refractivity contribution in [1.29, 1.82) is 0 Å². The number of benzene rings is 3. The molecule has 3 aromatic rings. The predicted molar refractivity (Wildman–Crippen MR) is 111 cm³/mol. The lowest BCUT2D eigenvalue weighted by molar-refractivity contribution is 0.151.